The van der Waals surface area contributed by atoms with Gasteiger partial charge in [0.15, 0.2) is 5.76 Å². The van der Waals surface area contributed by atoms with Crippen LogP contribution >= 0.6 is 0 Å². The molecular weight excluding hydrogens is 268 g/mol. The van der Waals surface area contributed by atoms with Gasteiger partial charge in [0.2, 0.25) is 0 Å². The molecule has 2 rings (SSSR count). The van der Waals surface area contributed by atoms with Crippen LogP contribution in [0.25, 0.3) is 0 Å². The van der Waals surface area contributed by atoms with Crippen LogP contribution in [-0.4, -0.2) is 49.7 Å². The molecule has 1 unspecified atom stereocenters. The third-order valence-electron chi connectivity index (χ3n) is 4.32. The SMILES string of the molecule is CCC(CC)C(CNC(=O)c1ccco1)N1CCOCC1. The Balaban J connectivity index is 1.96. The van der Waals surface area contributed by atoms with Crippen LogP contribution in [0.4, 0.5) is 0 Å². The highest BCUT2D eigenvalue weighted by Gasteiger charge is 2.27. The van der Waals surface area contributed by atoms with Gasteiger partial charge in [0.1, 0.15) is 0 Å². The van der Waals surface area contributed by atoms with Crippen LogP contribution in [0.5, 0.6) is 0 Å². The number of nitrogens with one attached hydrogen (secondary N) is 1. The zero-order valence-corrected chi connectivity index (χ0v) is 13.0. The van der Waals surface area contributed by atoms with Gasteiger partial charge in [-0.05, 0) is 18.1 Å². The van der Waals surface area contributed by atoms with Crippen LogP contribution in [0, 0.1) is 5.92 Å². The molecule has 21 heavy (non-hydrogen) atoms. The fraction of sp³-hybridized carbons (Fsp3) is 0.688. The standard InChI is InChI=1S/C16H26N2O3/c1-3-13(4-2)14(18-7-10-20-11-8-18)12-17-16(19)15-6-5-9-21-15/h5-6,9,13-14H,3-4,7-8,10-12H2,1-2H3,(H,17,19). The minimum Gasteiger partial charge on any atom is -0.459 e. The molecule has 1 aliphatic heterocycles. The van der Waals surface area contributed by atoms with E-state index in [1.165, 1.54) is 6.26 Å². The van der Waals surface area contributed by atoms with Crippen molar-refractivity contribution in [2.75, 3.05) is 32.8 Å². The van der Waals surface area contributed by atoms with Crippen LogP contribution in [-0.2, 0) is 4.74 Å². The molecule has 0 saturated carbocycles. The Morgan fingerprint density at radius 2 is 2.05 bits per heavy atom. The summed E-state index contributed by atoms with van der Waals surface area (Å²) in [5, 5.41) is 3.02. The van der Waals surface area contributed by atoms with E-state index < -0.39 is 0 Å². The van der Waals surface area contributed by atoms with Crippen molar-refractivity contribution in [3.8, 4) is 0 Å². The minimum atomic E-state index is -0.135. The number of ether oxygens (including phenoxy) is 1. The zero-order valence-electron chi connectivity index (χ0n) is 13.0. The smallest absolute Gasteiger partial charge is 0.287 e. The van der Waals surface area contributed by atoms with Crippen LogP contribution in [0.1, 0.15) is 37.2 Å². The van der Waals surface area contributed by atoms with E-state index in [-0.39, 0.29) is 5.91 Å². The molecule has 1 saturated heterocycles. The number of hydrogen-bond donors (Lipinski definition) is 1. The van der Waals surface area contributed by atoms with Crippen LogP contribution in [0.3, 0.4) is 0 Å². The summed E-state index contributed by atoms with van der Waals surface area (Å²) in [5.74, 6) is 0.824. The predicted octanol–water partition coefficient (Wildman–Crippen LogP) is 2.15. The Bertz CT molecular complexity index is 409. The predicted molar refractivity (Wildman–Crippen MR) is 81.3 cm³/mol. The van der Waals surface area contributed by atoms with E-state index in [2.05, 4.69) is 24.1 Å². The molecule has 1 atom stereocenters. The Labute approximate surface area is 126 Å². The second-order valence-electron chi connectivity index (χ2n) is 5.48. The van der Waals surface area contributed by atoms with Crippen molar-refractivity contribution < 1.29 is 13.9 Å². The minimum absolute atomic E-state index is 0.135. The van der Waals surface area contributed by atoms with Crippen LogP contribution in [0.15, 0.2) is 22.8 Å². The molecule has 2 heterocycles. The van der Waals surface area contributed by atoms with Crippen LogP contribution < -0.4 is 5.32 Å². The molecule has 0 spiro atoms. The third kappa shape index (κ3) is 4.32. The fourth-order valence-corrected chi connectivity index (χ4v) is 3.03. The topological polar surface area (TPSA) is 54.7 Å². The summed E-state index contributed by atoms with van der Waals surface area (Å²) < 4.78 is 10.6. The first-order valence-corrected chi connectivity index (χ1v) is 7.89. The summed E-state index contributed by atoms with van der Waals surface area (Å²) in [6, 6.07) is 3.79. The maximum atomic E-state index is 12.0. The summed E-state index contributed by atoms with van der Waals surface area (Å²) in [6.07, 6.45) is 3.76. The second kappa shape index (κ2) is 8.20. The quantitative estimate of drug-likeness (QED) is 0.837. The average Bonchev–Trinajstić information content (AvgIpc) is 3.06. The van der Waals surface area contributed by atoms with Gasteiger partial charge in [-0.1, -0.05) is 26.7 Å². The van der Waals surface area contributed by atoms with E-state index >= 15 is 0 Å². The molecule has 0 aliphatic carbocycles. The van der Waals surface area contributed by atoms with E-state index in [0.717, 1.165) is 39.1 Å². The van der Waals surface area contributed by atoms with Crippen molar-refractivity contribution in [3.05, 3.63) is 24.2 Å². The van der Waals surface area contributed by atoms with Gasteiger partial charge in [0.25, 0.3) is 5.91 Å². The Hall–Kier alpha value is -1.33. The lowest BCUT2D eigenvalue weighted by molar-refractivity contribution is 0.00185. The number of morpholine rings is 1. The number of carbonyl (C=O) groups excluding carboxylic acids is 1. The Morgan fingerprint density at radius 3 is 2.62 bits per heavy atom. The highest BCUT2D eigenvalue weighted by atomic mass is 16.5. The molecule has 0 bridgehead atoms. The van der Waals surface area contributed by atoms with Gasteiger partial charge in [-0.15, -0.1) is 0 Å². The monoisotopic (exact) mass is 294 g/mol. The van der Waals surface area contributed by atoms with E-state index in [1.54, 1.807) is 12.1 Å². The first-order valence-electron chi connectivity index (χ1n) is 7.89. The molecule has 118 valence electrons. The van der Waals surface area contributed by atoms with Gasteiger partial charge in [-0.2, -0.15) is 0 Å². The van der Waals surface area contributed by atoms with Gasteiger partial charge in [0.05, 0.1) is 19.5 Å². The lowest BCUT2D eigenvalue weighted by Gasteiger charge is -2.38. The fourth-order valence-electron chi connectivity index (χ4n) is 3.03. The molecule has 1 aromatic heterocycles. The van der Waals surface area contributed by atoms with Gasteiger partial charge in [-0.25, -0.2) is 0 Å². The molecule has 5 nitrogen and oxygen atoms in total. The van der Waals surface area contributed by atoms with Crippen LogP contribution in [0.2, 0.25) is 0 Å². The highest BCUT2D eigenvalue weighted by Crippen LogP contribution is 2.19. The zero-order chi connectivity index (χ0) is 15.1. The molecule has 1 amide bonds. The second-order valence-corrected chi connectivity index (χ2v) is 5.48. The van der Waals surface area contributed by atoms with Gasteiger partial charge in [-0.3, -0.25) is 9.69 Å². The summed E-state index contributed by atoms with van der Waals surface area (Å²) in [7, 11) is 0. The number of amides is 1. The summed E-state index contributed by atoms with van der Waals surface area (Å²) in [4.78, 5) is 14.5. The Morgan fingerprint density at radius 1 is 1.33 bits per heavy atom. The molecule has 1 aromatic rings. The number of furan rings is 1. The van der Waals surface area contributed by atoms with Crippen molar-refractivity contribution >= 4 is 5.91 Å². The van der Waals surface area contributed by atoms with Crippen molar-refractivity contribution in [3.63, 3.8) is 0 Å². The molecule has 1 N–H and O–H groups in total. The lowest BCUT2D eigenvalue weighted by Crippen LogP contribution is -2.52. The van der Waals surface area contributed by atoms with E-state index in [0.29, 0.717) is 24.3 Å². The Kier molecular flexibility index (Phi) is 6.26. The van der Waals surface area contributed by atoms with E-state index in [1.807, 2.05) is 0 Å². The average molecular weight is 294 g/mol. The maximum absolute atomic E-state index is 12.0. The van der Waals surface area contributed by atoms with Crippen molar-refractivity contribution in [2.45, 2.75) is 32.7 Å². The highest BCUT2D eigenvalue weighted by molar-refractivity contribution is 5.91. The summed E-state index contributed by atoms with van der Waals surface area (Å²) in [6.45, 7) is 8.54. The van der Waals surface area contributed by atoms with Crippen molar-refractivity contribution in [2.24, 2.45) is 5.92 Å². The maximum Gasteiger partial charge on any atom is 0.287 e. The molecule has 5 heteroatoms. The molecule has 1 aliphatic rings. The number of nitrogens with zero attached hydrogens (tertiary/aromatic N) is 1. The van der Waals surface area contributed by atoms with Crippen molar-refractivity contribution in [1.29, 1.82) is 0 Å². The molecule has 1 fully saturated rings. The first-order chi connectivity index (χ1) is 10.3. The summed E-state index contributed by atoms with van der Waals surface area (Å²) in [5.41, 5.74) is 0. The van der Waals surface area contributed by atoms with E-state index in [9.17, 15) is 4.79 Å². The van der Waals surface area contributed by atoms with Gasteiger partial charge >= 0.3 is 0 Å². The van der Waals surface area contributed by atoms with Crippen molar-refractivity contribution in [1.82, 2.24) is 10.2 Å². The first kappa shape index (κ1) is 16.0. The number of carbonyl (C=O) groups is 1. The molecular formula is C16H26N2O3. The number of hydrogen-bond acceptors (Lipinski definition) is 4. The molecule has 0 aromatic carbocycles. The third-order valence-corrected chi connectivity index (χ3v) is 4.32. The lowest BCUT2D eigenvalue weighted by atomic mass is 9.92. The summed E-state index contributed by atoms with van der Waals surface area (Å²) >= 11 is 0. The van der Waals surface area contributed by atoms with E-state index in [4.69, 9.17) is 9.15 Å². The largest absolute Gasteiger partial charge is 0.459 e. The number of rotatable bonds is 7. The molecule has 0 radical (unpaired) electrons. The normalized spacial score (nSPS) is 17.9. The van der Waals surface area contributed by atoms with Gasteiger partial charge < -0.3 is 14.5 Å². The van der Waals surface area contributed by atoms with Gasteiger partial charge in [0, 0.05) is 25.7 Å².